The number of allylic oxidation sites excluding steroid dienone is 1. The van der Waals surface area contributed by atoms with Crippen molar-refractivity contribution in [2.75, 3.05) is 39.6 Å². The molecule has 0 atom stereocenters. The summed E-state index contributed by atoms with van der Waals surface area (Å²) in [5, 5.41) is 19.4. The van der Waals surface area contributed by atoms with Gasteiger partial charge in [-0.1, -0.05) is 60.9 Å². The van der Waals surface area contributed by atoms with E-state index in [-0.39, 0.29) is 82.4 Å². The maximum Gasteiger partial charge on any atom is 0.330 e. The minimum atomic E-state index is -0.552. The summed E-state index contributed by atoms with van der Waals surface area (Å²) in [7, 11) is 0. The number of fused-ring (bicyclic) bond motifs is 1. The van der Waals surface area contributed by atoms with Crippen LogP contribution in [0.3, 0.4) is 0 Å². The average molecular weight is 1250 g/mol. The van der Waals surface area contributed by atoms with Crippen molar-refractivity contribution in [3.8, 4) is 35.1 Å². The molecule has 1 aliphatic heterocycles. The second-order valence-electron chi connectivity index (χ2n) is 20.4. The number of esters is 10. The highest BCUT2D eigenvalue weighted by Crippen LogP contribution is 2.59. The highest BCUT2D eigenvalue weighted by atomic mass is 32.2. The molecule has 1 heterocycles. The molecule has 0 N–H and O–H groups in total. The first kappa shape index (κ1) is 68.4. The number of ether oxygens (including phenoxy) is 10. The molecular formula is C64H68N2O20S2. The number of nitrogens with zero attached hydrogens (tertiary/aromatic N) is 2. The van der Waals surface area contributed by atoms with Gasteiger partial charge in [-0.15, -0.1) is 0 Å². The zero-order valence-electron chi connectivity index (χ0n) is 48.5. The number of hydrogen-bond acceptors (Lipinski definition) is 24. The van der Waals surface area contributed by atoms with Crippen LogP contribution in [-0.4, -0.2) is 99.3 Å². The lowest BCUT2D eigenvalue weighted by Gasteiger charge is -2.26. The Morgan fingerprint density at radius 1 is 0.420 bits per heavy atom. The van der Waals surface area contributed by atoms with Crippen molar-refractivity contribution in [1.82, 2.24) is 0 Å². The van der Waals surface area contributed by atoms with Crippen LogP contribution in [0.25, 0.3) is 0 Å². The third-order valence-electron chi connectivity index (χ3n) is 14.1. The molecule has 0 aromatic heterocycles. The van der Waals surface area contributed by atoms with Crippen molar-refractivity contribution >= 4 is 83.2 Å². The molecule has 0 spiro atoms. The molecule has 0 saturated heterocycles. The van der Waals surface area contributed by atoms with E-state index >= 15 is 0 Å². The summed E-state index contributed by atoms with van der Waals surface area (Å²) < 4.78 is 53.9. The summed E-state index contributed by atoms with van der Waals surface area (Å²) in [5.41, 5.74) is 1.47. The lowest BCUT2D eigenvalue weighted by molar-refractivity contribution is -0.150. The Bertz CT molecular complexity index is 2920. The SMILES string of the molecule is C=CC(=O)OCCCCOC(=O)CCC(=O)OCCc1ccc(OC(=O)C2CCC(C(=O)Oc3ccc(OC(=O)C4CCC(C(=O)Oc5ccc(CCOC(=O)CCC(=O)OCCCCOC(=O)C=C)cc5)CC4)c4c3SC(=C(C#N)C#N)S4)CC2)cc1. The molecule has 88 heavy (non-hydrogen) atoms. The molecule has 24 heteroatoms. The molecule has 3 aliphatic rings. The van der Waals surface area contributed by atoms with Crippen molar-refractivity contribution in [3.05, 3.63) is 107 Å². The predicted molar refractivity (Wildman–Crippen MR) is 313 cm³/mol. The first-order valence-electron chi connectivity index (χ1n) is 28.9. The standard InChI is InChI=1S/C64H68N2O20S2/c1-3-52(67)77-33-5-7-35-79-54(69)27-29-56(71)81-37-31-41-9-21-48(22-10-41)83-60(73)43-13-17-45(18-14-43)62(75)85-50-25-26-51(59-58(50)87-64(88-59)47(39-65)40-66)86-63(76)46-19-15-44(16-20-46)61(74)84-49-23-11-42(12-24-49)32-38-82-57(72)30-28-55(70)80-36-8-6-34-78-53(68)4-2/h3-4,9-12,21-26,43-46H,1-2,5-8,13-20,27-38H2. The van der Waals surface area contributed by atoms with Gasteiger partial charge in [0.05, 0.1) is 103 Å². The van der Waals surface area contributed by atoms with Crippen LogP contribution in [0.5, 0.6) is 23.0 Å². The van der Waals surface area contributed by atoms with Gasteiger partial charge < -0.3 is 47.4 Å². The van der Waals surface area contributed by atoms with Crippen LogP contribution in [0, 0.1) is 46.3 Å². The van der Waals surface area contributed by atoms with Crippen molar-refractivity contribution in [2.24, 2.45) is 23.7 Å². The van der Waals surface area contributed by atoms with Crippen molar-refractivity contribution in [2.45, 2.75) is 125 Å². The Morgan fingerprint density at radius 3 is 1.02 bits per heavy atom. The van der Waals surface area contributed by atoms with Crippen LogP contribution < -0.4 is 18.9 Å². The van der Waals surface area contributed by atoms with E-state index in [4.69, 9.17) is 47.4 Å². The normalized spacial score (nSPS) is 16.5. The highest BCUT2D eigenvalue weighted by molar-refractivity contribution is 8.24. The van der Waals surface area contributed by atoms with Gasteiger partial charge in [-0.25, -0.2) is 9.59 Å². The number of benzene rings is 3. The number of carbonyl (C=O) groups is 10. The number of unbranched alkanes of at least 4 members (excludes halogenated alkanes) is 2. The maximum atomic E-state index is 13.7. The molecule has 3 aromatic rings. The quantitative estimate of drug-likeness (QED) is 0.0140. The number of thioether (sulfide) groups is 2. The second-order valence-corrected chi connectivity index (χ2v) is 22.7. The number of carbonyl (C=O) groups excluding carboxylic acids is 10. The Balaban J connectivity index is 0.880. The average Bonchev–Trinajstić information content (AvgIpc) is 2.44. The van der Waals surface area contributed by atoms with E-state index in [2.05, 4.69) is 13.2 Å². The topological polar surface area (TPSA) is 311 Å². The largest absolute Gasteiger partial charge is 0.466 e. The van der Waals surface area contributed by atoms with Crippen LogP contribution in [0.2, 0.25) is 0 Å². The molecule has 0 bridgehead atoms. The second kappa shape index (κ2) is 36.4. The van der Waals surface area contributed by atoms with Crippen LogP contribution in [-0.2, 0) is 89.2 Å². The third-order valence-corrected chi connectivity index (χ3v) is 16.8. The van der Waals surface area contributed by atoms with Gasteiger partial charge in [0.25, 0.3) is 0 Å². The molecule has 22 nitrogen and oxygen atoms in total. The summed E-state index contributed by atoms with van der Waals surface area (Å²) in [5.74, 6) is -6.26. The summed E-state index contributed by atoms with van der Waals surface area (Å²) >= 11 is 2.10. The van der Waals surface area contributed by atoms with Crippen LogP contribution in [0.1, 0.15) is 114 Å². The Morgan fingerprint density at radius 2 is 0.716 bits per heavy atom. The number of nitriles is 2. The van der Waals surface area contributed by atoms with Gasteiger partial charge in [-0.2, -0.15) is 10.5 Å². The van der Waals surface area contributed by atoms with Gasteiger partial charge in [-0.05, 0) is 125 Å². The lowest BCUT2D eigenvalue weighted by atomic mass is 9.82. The smallest absolute Gasteiger partial charge is 0.330 e. The summed E-state index contributed by atoms with van der Waals surface area (Å²) in [6.45, 7) is 7.40. The van der Waals surface area contributed by atoms with Crippen molar-refractivity contribution in [3.63, 3.8) is 0 Å². The van der Waals surface area contributed by atoms with Crippen molar-refractivity contribution < 1.29 is 95.3 Å². The van der Waals surface area contributed by atoms with E-state index in [1.807, 2.05) is 12.1 Å². The molecule has 0 amide bonds. The lowest BCUT2D eigenvalue weighted by Crippen LogP contribution is -2.30. The monoisotopic (exact) mass is 1250 g/mol. The molecule has 0 unspecified atom stereocenters. The molecule has 2 fully saturated rings. The fraction of sp³-hybridized carbons (Fsp3) is 0.438. The Kier molecular flexibility index (Phi) is 28.3. The minimum Gasteiger partial charge on any atom is -0.466 e. The zero-order valence-corrected chi connectivity index (χ0v) is 50.1. The zero-order chi connectivity index (χ0) is 63.2. The Hall–Kier alpha value is -8.74. The van der Waals surface area contributed by atoms with Gasteiger partial charge in [-0.3, -0.25) is 38.4 Å². The summed E-state index contributed by atoms with van der Waals surface area (Å²) in [4.78, 5) is 125. The van der Waals surface area contributed by atoms with E-state index in [0.29, 0.717) is 115 Å². The number of rotatable bonds is 32. The molecular weight excluding hydrogens is 1180 g/mol. The highest BCUT2D eigenvalue weighted by Gasteiger charge is 2.37. The van der Waals surface area contributed by atoms with Crippen molar-refractivity contribution in [1.29, 1.82) is 10.5 Å². The third kappa shape index (κ3) is 22.8. The summed E-state index contributed by atoms with van der Waals surface area (Å²) in [6, 6.07) is 20.3. The van der Waals surface area contributed by atoms with Gasteiger partial charge in [0.2, 0.25) is 0 Å². The van der Waals surface area contributed by atoms with Gasteiger partial charge >= 0.3 is 59.7 Å². The first-order valence-corrected chi connectivity index (χ1v) is 30.5. The van der Waals surface area contributed by atoms with E-state index in [0.717, 1.165) is 46.8 Å². The molecule has 2 aliphatic carbocycles. The van der Waals surface area contributed by atoms with Crippen LogP contribution >= 0.6 is 23.5 Å². The van der Waals surface area contributed by atoms with E-state index in [9.17, 15) is 58.5 Å². The molecule has 0 radical (unpaired) electrons. The van der Waals surface area contributed by atoms with E-state index in [1.165, 1.54) is 12.1 Å². The maximum absolute atomic E-state index is 13.7. The fourth-order valence-electron chi connectivity index (χ4n) is 9.17. The van der Waals surface area contributed by atoms with Gasteiger partial charge in [0.15, 0.2) is 0 Å². The minimum absolute atomic E-state index is 0.0715. The van der Waals surface area contributed by atoms with E-state index in [1.54, 1.807) is 48.5 Å². The number of hydrogen-bond donors (Lipinski definition) is 0. The van der Waals surface area contributed by atoms with Crippen LogP contribution in [0.15, 0.2) is 106 Å². The predicted octanol–water partition coefficient (Wildman–Crippen LogP) is 9.61. The molecule has 2 saturated carbocycles. The molecule has 6 rings (SSSR count). The fourth-order valence-corrected chi connectivity index (χ4v) is 11.7. The Labute approximate surface area is 517 Å². The van der Waals surface area contributed by atoms with E-state index < -0.39 is 83.4 Å². The first-order chi connectivity index (χ1) is 42.5. The van der Waals surface area contributed by atoms with Gasteiger partial charge in [0.1, 0.15) is 40.7 Å². The van der Waals surface area contributed by atoms with Gasteiger partial charge in [0, 0.05) is 25.0 Å². The molecule has 3 aromatic carbocycles. The molecule has 466 valence electrons. The van der Waals surface area contributed by atoms with Crippen LogP contribution in [0.4, 0.5) is 0 Å². The summed E-state index contributed by atoms with van der Waals surface area (Å²) in [6.07, 6.45) is 7.18.